The first-order valence-corrected chi connectivity index (χ1v) is 8.60. The molecule has 5 heteroatoms. The molecule has 0 saturated carbocycles. The van der Waals surface area contributed by atoms with E-state index in [1.54, 1.807) is 6.20 Å². The van der Waals surface area contributed by atoms with Gasteiger partial charge >= 0.3 is 5.97 Å². The van der Waals surface area contributed by atoms with Crippen molar-refractivity contribution in [2.45, 2.75) is 45.6 Å². The monoisotopic (exact) mass is 318 g/mol. The van der Waals surface area contributed by atoms with Crippen molar-refractivity contribution in [1.29, 1.82) is 0 Å². The summed E-state index contributed by atoms with van der Waals surface area (Å²) in [5.74, 6) is 0.746. The predicted molar refractivity (Wildman–Crippen MR) is 87.4 cm³/mol. The first-order valence-electron chi connectivity index (χ1n) is 8.60. The lowest BCUT2D eigenvalue weighted by atomic mass is 9.85. The van der Waals surface area contributed by atoms with E-state index in [1.165, 1.54) is 0 Å². The maximum atomic E-state index is 12.4. The molecule has 1 fully saturated rings. The fourth-order valence-corrected chi connectivity index (χ4v) is 3.42. The second-order valence-electron chi connectivity index (χ2n) is 6.71. The van der Waals surface area contributed by atoms with Crippen LogP contribution in [0.5, 0.6) is 0 Å². The second-order valence-corrected chi connectivity index (χ2v) is 6.71. The van der Waals surface area contributed by atoms with E-state index in [9.17, 15) is 4.79 Å². The molecule has 5 nitrogen and oxygen atoms in total. The molecule has 0 unspecified atom stereocenters. The Labute approximate surface area is 137 Å². The number of carbonyl (C=O) groups excluding carboxylic acids is 1. The minimum absolute atomic E-state index is 0.248. The van der Waals surface area contributed by atoms with Crippen molar-refractivity contribution in [1.82, 2.24) is 9.78 Å². The number of esters is 1. The lowest BCUT2D eigenvalue weighted by Gasteiger charge is -2.25. The zero-order valence-electron chi connectivity index (χ0n) is 14.0. The van der Waals surface area contributed by atoms with Gasteiger partial charge in [-0.15, -0.1) is 0 Å². The predicted octanol–water partition coefficient (Wildman–Crippen LogP) is 3.30. The van der Waals surface area contributed by atoms with Gasteiger partial charge in [0.15, 0.2) is 0 Å². The number of ether oxygens (including phenoxy) is 2. The molecule has 0 amide bonds. The lowest BCUT2D eigenvalue weighted by Crippen LogP contribution is -2.23. The van der Waals surface area contributed by atoms with Crippen molar-refractivity contribution in [3.63, 3.8) is 0 Å². The van der Waals surface area contributed by atoms with E-state index in [4.69, 9.17) is 9.47 Å². The number of hydrogen-bond donors (Lipinski definition) is 0. The molecule has 1 saturated heterocycles. The molecule has 1 aromatic rings. The molecule has 0 N–H and O–H groups in total. The van der Waals surface area contributed by atoms with Crippen molar-refractivity contribution in [3.05, 3.63) is 29.6 Å². The molecule has 126 valence electrons. The highest BCUT2D eigenvalue weighted by atomic mass is 16.5. The van der Waals surface area contributed by atoms with Crippen LogP contribution >= 0.6 is 0 Å². The van der Waals surface area contributed by atoms with Crippen LogP contribution in [-0.4, -0.2) is 35.6 Å². The third kappa shape index (κ3) is 3.66. The Morgan fingerprint density at radius 2 is 2.09 bits per heavy atom. The highest BCUT2D eigenvalue weighted by molar-refractivity contribution is 5.90. The van der Waals surface area contributed by atoms with Crippen molar-refractivity contribution < 1.29 is 14.3 Å². The van der Waals surface area contributed by atoms with Gasteiger partial charge in [0, 0.05) is 13.2 Å². The van der Waals surface area contributed by atoms with Crippen LogP contribution in [0.2, 0.25) is 0 Å². The fourth-order valence-electron chi connectivity index (χ4n) is 3.42. The van der Waals surface area contributed by atoms with Crippen molar-refractivity contribution in [2.24, 2.45) is 11.8 Å². The molecule has 0 bridgehead atoms. The number of carbonyl (C=O) groups is 1. The van der Waals surface area contributed by atoms with Gasteiger partial charge in [-0.2, -0.15) is 5.10 Å². The Balaban J connectivity index is 1.61. The fraction of sp³-hybridized carbons (Fsp3) is 0.667. The number of allylic oxidation sites excluding steroid dienone is 2. The standard InChI is InChI=1S/C18H26N2O3/c1-13-5-3-4-6-15(13)12-23-18(21)17-11-19-20(14(17)2)16-7-9-22-10-8-16/h3-4,11,13,15-16H,5-10,12H2,1-2H3/t13-,15-/m1/s1. The molecule has 1 aliphatic carbocycles. The highest BCUT2D eigenvalue weighted by Crippen LogP contribution is 2.26. The maximum absolute atomic E-state index is 12.4. The summed E-state index contributed by atoms with van der Waals surface area (Å²) < 4.78 is 12.9. The summed E-state index contributed by atoms with van der Waals surface area (Å²) in [7, 11) is 0. The quantitative estimate of drug-likeness (QED) is 0.631. The van der Waals surface area contributed by atoms with Gasteiger partial charge in [0.1, 0.15) is 5.56 Å². The molecule has 2 aliphatic rings. The molecular formula is C18H26N2O3. The van der Waals surface area contributed by atoms with Gasteiger partial charge in [-0.25, -0.2) is 4.79 Å². The summed E-state index contributed by atoms with van der Waals surface area (Å²) in [6.07, 6.45) is 10.0. The Bertz CT molecular complexity index is 573. The molecule has 2 atom stereocenters. The summed E-state index contributed by atoms with van der Waals surface area (Å²) in [4.78, 5) is 12.4. The van der Waals surface area contributed by atoms with Crippen LogP contribution in [0, 0.1) is 18.8 Å². The van der Waals surface area contributed by atoms with Crippen LogP contribution < -0.4 is 0 Å². The largest absolute Gasteiger partial charge is 0.462 e. The van der Waals surface area contributed by atoms with Gasteiger partial charge < -0.3 is 9.47 Å². The van der Waals surface area contributed by atoms with Crippen LogP contribution in [0.4, 0.5) is 0 Å². The lowest BCUT2D eigenvalue weighted by molar-refractivity contribution is 0.0393. The summed E-state index contributed by atoms with van der Waals surface area (Å²) >= 11 is 0. The van der Waals surface area contributed by atoms with E-state index in [0.717, 1.165) is 44.6 Å². The number of aromatic nitrogens is 2. The number of hydrogen-bond acceptors (Lipinski definition) is 4. The summed E-state index contributed by atoms with van der Waals surface area (Å²) in [5, 5.41) is 4.42. The summed E-state index contributed by atoms with van der Waals surface area (Å²) in [5.41, 5.74) is 1.49. The van der Waals surface area contributed by atoms with Gasteiger partial charge in [0.2, 0.25) is 0 Å². The van der Waals surface area contributed by atoms with Gasteiger partial charge in [-0.3, -0.25) is 4.68 Å². The highest BCUT2D eigenvalue weighted by Gasteiger charge is 2.24. The smallest absolute Gasteiger partial charge is 0.341 e. The first kappa shape index (κ1) is 16.2. The van der Waals surface area contributed by atoms with E-state index in [1.807, 2.05) is 11.6 Å². The van der Waals surface area contributed by atoms with E-state index in [0.29, 0.717) is 30.0 Å². The minimum Gasteiger partial charge on any atom is -0.462 e. The van der Waals surface area contributed by atoms with Crippen molar-refractivity contribution in [3.8, 4) is 0 Å². The molecule has 1 aromatic heterocycles. The van der Waals surface area contributed by atoms with Crippen LogP contribution in [0.3, 0.4) is 0 Å². The van der Waals surface area contributed by atoms with E-state index in [2.05, 4.69) is 24.2 Å². The van der Waals surface area contributed by atoms with E-state index < -0.39 is 0 Å². The van der Waals surface area contributed by atoms with E-state index in [-0.39, 0.29) is 5.97 Å². The van der Waals surface area contributed by atoms with Crippen LogP contribution in [-0.2, 0) is 9.47 Å². The molecule has 1 aliphatic heterocycles. The normalized spacial score (nSPS) is 25.5. The van der Waals surface area contributed by atoms with Gasteiger partial charge in [-0.05, 0) is 44.4 Å². The molecule has 0 aromatic carbocycles. The van der Waals surface area contributed by atoms with E-state index >= 15 is 0 Å². The zero-order valence-corrected chi connectivity index (χ0v) is 14.0. The number of nitrogens with zero attached hydrogens (tertiary/aromatic N) is 2. The molecule has 0 radical (unpaired) electrons. The molecule has 0 spiro atoms. The van der Waals surface area contributed by atoms with Gasteiger partial charge in [0.25, 0.3) is 0 Å². The summed E-state index contributed by atoms with van der Waals surface area (Å²) in [6.45, 7) is 6.18. The van der Waals surface area contributed by atoms with Crippen LogP contribution in [0.15, 0.2) is 18.3 Å². The Hall–Kier alpha value is -1.62. The average Bonchev–Trinajstić information content (AvgIpc) is 2.96. The first-order chi connectivity index (χ1) is 11.2. The van der Waals surface area contributed by atoms with Crippen molar-refractivity contribution >= 4 is 5.97 Å². The molecule has 3 rings (SSSR count). The maximum Gasteiger partial charge on any atom is 0.341 e. The SMILES string of the molecule is Cc1c(C(=O)OC[C@H]2CC=CC[C@H]2C)cnn1C1CCOCC1. The second kappa shape index (κ2) is 7.30. The Kier molecular flexibility index (Phi) is 5.16. The molecule has 2 heterocycles. The molecular weight excluding hydrogens is 292 g/mol. The van der Waals surface area contributed by atoms with Crippen molar-refractivity contribution in [2.75, 3.05) is 19.8 Å². The average molecular weight is 318 g/mol. The van der Waals surface area contributed by atoms with Gasteiger partial charge in [-0.1, -0.05) is 19.1 Å². The van der Waals surface area contributed by atoms with Gasteiger partial charge in [0.05, 0.1) is 24.5 Å². The summed E-state index contributed by atoms with van der Waals surface area (Å²) in [6, 6.07) is 0.328. The van der Waals surface area contributed by atoms with Crippen LogP contribution in [0.1, 0.15) is 54.7 Å². The third-order valence-electron chi connectivity index (χ3n) is 5.15. The van der Waals surface area contributed by atoms with Crippen LogP contribution in [0.25, 0.3) is 0 Å². The topological polar surface area (TPSA) is 53.3 Å². The number of rotatable bonds is 4. The third-order valence-corrected chi connectivity index (χ3v) is 5.15. The minimum atomic E-state index is -0.248. The Morgan fingerprint density at radius 3 is 2.83 bits per heavy atom. The molecule has 23 heavy (non-hydrogen) atoms. The zero-order chi connectivity index (χ0) is 16.2. The Morgan fingerprint density at radius 1 is 1.35 bits per heavy atom.